The Bertz CT molecular complexity index is 625. The Morgan fingerprint density at radius 1 is 0.920 bits per heavy atom. The highest BCUT2D eigenvalue weighted by atomic mass is 16.5. The number of esters is 1. The van der Waals surface area contributed by atoms with Crippen molar-refractivity contribution in [1.29, 1.82) is 0 Å². The predicted octanol–water partition coefficient (Wildman–Crippen LogP) is 3.55. The van der Waals surface area contributed by atoms with Crippen LogP contribution in [0, 0.1) is 0 Å². The van der Waals surface area contributed by atoms with Crippen LogP contribution in [0.3, 0.4) is 0 Å². The zero-order chi connectivity index (χ0) is 17.9. The Kier molecular flexibility index (Phi) is 8.16. The van der Waals surface area contributed by atoms with E-state index in [2.05, 4.69) is 29.2 Å². The third kappa shape index (κ3) is 6.69. The number of rotatable bonds is 10. The summed E-state index contributed by atoms with van der Waals surface area (Å²) in [6.07, 6.45) is 2.18. The van der Waals surface area contributed by atoms with Crippen LogP contribution in [0.4, 0.5) is 0 Å². The number of aryl methyl sites for hydroxylation is 1. The van der Waals surface area contributed by atoms with Crippen LogP contribution in [0.15, 0.2) is 54.6 Å². The summed E-state index contributed by atoms with van der Waals surface area (Å²) in [6, 6.07) is 18.2. The summed E-state index contributed by atoms with van der Waals surface area (Å²) >= 11 is 0. The molecule has 0 N–H and O–H groups in total. The molecule has 0 aliphatic heterocycles. The molecule has 4 heteroatoms. The maximum Gasteiger partial charge on any atom is 0.337 e. The number of benzene rings is 2. The average molecular weight is 341 g/mol. The summed E-state index contributed by atoms with van der Waals surface area (Å²) in [5.74, 6) is -0.300. The minimum atomic E-state index is -0.300. The second-order valence-electron chi connectivity index (χ2n) is 6.05. The van der Waals surface area contributed by atoms with Gasteiger partial charge in [0.1, 0.15) is 0 Å². The zero-order valence-electron chi connectivity index (χ0n) is 15.1. The molecule has 0 unspecified atom stereocenters. The molecule has 2 rings (SSSR count). The maximum atomic E-state index is 11.5. The van der Waals surface area contributed by atoms with Crippen LogP contribution in [-0.2, 0) is 22.4 Å². The molecule has 0 bridgehead atoms. The summed E-state index contributed by atoms with van der Waals surface area (Å²) in [5.41, 5.74) is 3.14. The molecule has 0 aromatic heterocycles. The van der Waals surface area contributed by atoms with Gasteiger partial charge in [0, 0.05) is 20.2 Å². The van der Waals surface area contributed by atoms with Gasteiger partial charge in [0.25, 0.3) is 0 Å². The first-order chi connectivity index (χ1) is 12.2. The topological polar surface area (TPSA) is 38.8 Å². The maximum absolute atomic E-state index is 11.5. The lowest BCUT2D eigenvalue weighted by molar-refractivity contribution is 0.0600. The van der Waals surface area contributed by atoms with Gasteiger partial charge in [-0.2, -0.15) is 0 Å². The molecule has 0 saturated heterocycles. The van der Waals surface area contributed by atoms with Crippen molar-refractivity contribution >= 4 is 5.97 Å². The molecule has 25 heavy (non-hydrogen) atoms. The Morgan fingerprint density at radius 2 is 1.64 bits per heavy atom. The number of hydrogen-bond donors (Lipinski definition) is 0. The first kappa shape index (κ1) is 19.2. The van der Waals surface area contributed by atoms with Crippen molar-refractivity contribution in [1.82, 2.24) is 4.90 Å². The van der Waals surface area contributed by atoms with E-state index in [1.165, 1.54) is 18.2 Å². The third-order valence-electron chi connectivity index (χ3n) is 4.18. The third-order valence-corrected chi connectivity index (χ3v) is 4.18. The molecular formula is C21H27NO3. The van der Waals surface area contributed by atoms with Crippen molar-refractivity contribution in [3.63, 3.8) is 0 Å². The van der Waals surface area contributed by atoms with Crippen molar-refractivity contribution in [3.05, 3.63) is 71.3 Å². The Hall–Kier alpha value is -2.17. The lowest BCUT2D eigenvalue weighted by atomic mass is 10.1. The molecule has 0 aliphatic carbocycles. The fourth-order valence-electron chi connectivity index (χ4n) is 2.76. The SMILES string of the molecule is COCCN(CCCc1ccccc1)Cc1ccc(C(=O)OC)cc1. The van der Waals surface area contributed by atoms with Crippen molar-refractivity contribution in [2.24, 2.45) is 0 Å². The number of carbonyl (C=O) groups is 1. The van der Waals surface area contributed by atoms with Gasteiger partial charge >= 0.3 is 5.97 Å². The van der Waals surface area contributed by atoms with Gasteiger partial charge in [-0.1, -0.05) is 42.5 Å². The van der Waals surface area contributed by atoms with Gasteiger partial charge in [0.05, 0.1) is 19.3 Å². The Labute approximate surface area is 150 Å². The van der Waals surface area contributed by atoms with Gasteiger partial charge in [-0.25, -0.2) is 4.79 Å². The smallest absolute Gasteiger partial charge is 0.337 e. The Morgan fingerprint density at radius 3 is 2.28 bits per heavy atom. The molecule has 0 aliphatic rings. The summed E-state index contributed by atoms with van der Waals surface area (Å²) in [5, 5.41) is 0. The molecule has 0 fully saturated rings. The summed E-state index contributed by atoms with van der Waals surface area (Å²) < 4.78 is 9.98. The van der Waals surface area contributed by atoms with E-state index in [1.807, 2.05) is 30.3 Å². The van der Waals surface area contributed by atoms with Crippen molar-refractivity contribution < 1.29 is 14.3 Å². The first-order valence-corrected chi connectivity index (χ1v) is 8.65. The molecule has 0 atom stereocenters. The van der Waals surface area contributed by atoms with Gasteiger partial charge in [-0.3, -0.25) is 4.90 Å². The predicted molar refractivity (Wildman–Crippen MR) is 99.7 cm³/mol. The van der Waals surface area contributed by atoms with Gasteiger partial charge in [0.2, 0.25) is 0 Å². The molecule has 2 aromatic rings. The first-order valence-electron chi connectivity index (χ1n) is 8.65. The highest BCUT2D eigenvalue weighted by molar-refractivity contribution is 5.89. The van der Waals surface area contributed by atoms with Crippen LogP contribution in [0.2, 0.25) is 0 Å². The minimum Gasteiger partial charge on any atom is -0.465 e. The standard InChI is InChI=1S/C21H27NO3/c1-24-16-15-22(14-6-9-18-7-4-3-5-8-18)17-19-10-12-20(13-11-19)21(23)25-2/h3-5,7-8,10-13H,6,9,14-17H2,1-2H3. The fraction of sp³-hybridized carbons (Fsp3) is 0.381. The van der Waals surface area contributed by atoms with E-state index in [-0.39, 0.29) is 5.97 Å². The van der Waals surface area contributed by atoms with Crippen LogP contribution >= 0.6 is 0 Å². The van der Waals surface area contributed by atoms with Crippen LogP contribution in [0.25, 0.3) is 0 Å². The van der Waals surface area contributed by atoms with Crippen molar-refractivity contribution in [2.75, 3.05) is 33.9 Å². The summed E-state index contributed by atoms with van der Waals surface area (Å²) in [6.45, 7) is 3.46. The molecule has 0 radical (unpaired) electrons. The lowest BCUT2D eigenvalue weighted by Gasteiger charge is -2.22. The lowest BCUT2D eigenvalue weighted by Crippen LogP contribution is -2.28. The molecule has 4 nitrogen and oxygen atoms in total. The number of carbonyl (C=O) groups excluding carboxylic acids is 1. The molecule has 0 heterocycles. The van der Waals surface area contributed by atoms with Crippen LogP contribution in [0.1, 0.15) is 27.9 Å². The van der Waals surface area contributed by atoms with E-state index < -0.39 is 0 Å². The minimum absolute atomic E-state index is 0.300. The van der Waals surface area contributed by atoms with Crippen LogP contribution in [-0.4, -0.2) is 44.8 Å². The fourth-order valence-corrected chi connectivity index (χ4v) is 2.76. The van der Waals surface area contributed by atoms with Crippen LogP contribution in [0.5, 0.6) is 0 Å². The second kappa shape index (κ2) is 10.6. The van der Waals surface area contributed by atoms with Gasteiger partial charge in [0.15, 0.2) is 0 Å². The molecule has 0 saturated carbocycles. The summed E-state index contributed by atoms with van der Waals surface area (Å²) in [7, 11) is 3.13. The average Bonchev–Trinajstić information content (AvgIpc) is 2.66. The van der Waals surface area contributed by atoms with E-state index in [0.717, 1.165) is 32.5 Å². The number of ether oxygens (including phenoxy) is 2. The number of methoxy groups -OCH3 is 2. The van der Waals surface area contributed by atoms with E-state index in [4.69, 9.17) is 9.47 Å². The van der Waals surface area contributed by atoms with Gasteiger partial charge < -0.3 is 9.47 Å². The monoisotopic (exact) mass is 341 g/mol. The second-order valence-corrected chi connectivity index (χ2v) is 6.05. The van der Waals surface area contributed by atoms with Crippen molar-refractivity contribution in [2.45, 2.75) is 19.4 Å². The number of nitrogens with zero attached hydrogens (tertiary/aromatic N) is 1. The molecule has 0 amide bonds. The molecular weight excluding hydrogens is 314 g/mol. The van der Waals surface area contributed by atoms with Gasteiger partial charge in [-0.05, 0) is 42.6 Å². The largest absolute Gasteiger partial charge is 0.465 e. The van der Waals surface area contributed by atoms with Crippen molar-refractivity contribution in [3.8, 4) is 0 Å². The van der Waals surface area contributed by atoms with E-state index in [9.17, 15) is 4.79 Å². The highest BCUT2D eigenvalue weighted by Gasteiger charge is 2.08. The Balaban J connectivity index is 1.89. The zero-order valence-corrected chi connectivity index (χ0v) is 15.1. The number of hydrogen-bond acceptors (Lipinski definition) is 4. The molecule has 2 aromatic carbocycles. The molecule has 134 valence electrons. The molecule has 0 spiro atoms. The van der Waals surface area contributed by atoms with Gasteiger partial charge in [-0.15, -0.1) is 0 Å². The van der Waals surface area contributed by atoms with E-state index in [1.54, 1.807) is 7.11 Å². The van der Waals surface area contributed by atoms with Crippen LogP contribution < -0.4 is 0 Å². The normalized spacial score (nSPS) is 10.8. The van der Waals surface area contributed by atoms with E-state index >= 15 is 0 Å². The highest BCUT2D eigenvalue weighted by Crippen LogP contribution is 2.10. The summed E-state index contributed by atoms with van der Waals surface area (Å²) in [4.78, 5) is 13.9. The van der Waals surface area contributed by atoms with E-state index in [0.29, 0.717) is 12.2 Å². The quantitative estimate of drug-likeness (QED) is 0.620.